The molecule has 0 aromatic rings. The van der Waals surface area contributed by atoms with Gasteiger partial charge in [0.05, 0.1) is 0 Å². The standard InChI is InChI=1S/C11H18O/c1-10-6-2-3-7-11(10)8-4-5-9-12/h4,10,12H,2-3,5-7,9H2,1H3. The molecule has 1 heteroatoms. The van der Waals surface area contributed by atoms with E-state index < -0.39 is 0 Å². The van der Waals surface area contributed by atoms with Crippen LogP contribution in [0.25, 0.3) is 0 Å². The number of aliphatic hydroxyl groups excluding tert-OH is 1. The van der Waals surface area contributed by atoms with Gasteiger partial charge in [-0.25, -0.2) is 0 Å². The molecule has 0 saturated heterocycles. The van der Waals surface area contributed by atoms with Crippen molar-refractivity contribution in [3.63, 3.8) is 0 Å². The quantitative estimate of drug-likeness (QED) is 0.625. The Labute approximate surface area is 74.8 Å². The number of rotatable bonds is 2. The molecule has 0 aromatic heterocycles. The van der Waals surface area contributed by atoms with Gasteiger partial charge in [0.1, 0.15) is 0 Å². The second-order valence-electron chi connectivity index (χ2n) is 3.53. The SMILES string of the molecule is CC1CCCCC1=C=CCCO. The van der Waals surface area contributed by atoms with Crippen molar-refractivity contribution in [2.24, 2.45) is 5.92 Å². The van der Waals surface area contributed by atoms with Crippen LogP contribution in [0.5, 0.6) is 0 Å². The van der Waals surface area contributed by atoms with Crippen molar-refractivity contribution in [3.8, 4) is 0 Å². The summed E-state index contributed by atoms with van der Waals surface area (Å²) >= 11 is 0. The topological polar surface area (TPSA) is 20.2 Å². The summed E-state index contributed by atoms with van der Waals surface area (Å²) in [7, 11) is 0. The van der Waals surface area contributed by atoms with Crippen molar-refractivity contribution >= 4 is 0 Å². The molecule has 12 heavy (non-hydrogen) atoms. The molecule has 68 valence electrons. The van der Waals surface area contributed by atoms with E-state index in [0.29, 0.717) is 5.92 Å². The molecule has 1 saturated carbocycles. The molecule has 0 amide bonds. The molecule has 1 nitrogen and oxygen atoms in total. The Morgan fingerprint density at radius 2 is 2.42 bits per heavy atom. The molecular weight excluding hydrogens is 148 g/mol. The average molecular weight is 166 g/mol. The van der Waals surface area contributed by atoms with Crippen LogP contribution in [0, 0.1) is 5.92 Å². The van der Waals surface area contributed by atoms with Crippen LogP contribution in [0.3, 0.4) is 0 Å². The van der Waals surface area contributed by atoms with E-state index >= 15 is 0 Å². The lowest BCUT2D eigenvalue weighted by Crippen LogP contribution is -2.04. The van der Waals surface area contributed by atoms with Gasteiger partial charge in [0.25, 0.3) is 0 Å². The maximum atomic E-state index is 8.58. The Morgan fingerprint density at radius 3 is 3.08 bits per heavy atom. The van der Waals surface area contributed by atoms with Gasteiger partial charge in [-0.1, -0.05) is 13.3 Å². The van der Waals surface area contributed by atoms with Crippen molar-refractivity contribution in [3.05, 3.63) is 17.4 Å². The van der Waals surface area contributed by atoms with Gasteiger partial charge in [-0.2, -0.15) is 0 Å². The van der Waals surface area contributed by atoms with Crippen molar-refractivity contribution in [1.29, 1.82) is 0 Å². The Morgan fingerprint density at radius 1 is 1.58 bits per heavy atom. The molecule has 0 radical (unpaired) electrons. The van der Waals surface area contributed by atoms with Crippen LogP contribution in [-0.4, -0.2) is 11.7 Å². The molecule has 1 atom stereocenters. The summed E-state index contributed by atoms with van der Waals surface area (Å²) < 4.78 is 0. The molecule has 1 N–H and O–H groups in total. The third kappa shape index (κ3) is 2.84. The molecule has 1 fully saturated rings. The number of hydrogen-bond donors (Lipinski definition) is 1. The predicted molar refractivity (Wildman–Crippen MR) is 50.9 cm³/mol. The van der Waals surface area contributed by atoms with Gasteiger partial charge in [-0.15, -0.1) is 5.73 Å². The van der Waals surface area contributed by atoms with Gasteiger partial charge >= 0.3 is 0 Å². The summed E-state index contributed by atoms with van der Waals surface area (Å²) in [6.45, 7) is 2.52. The molecular formula is C11H18O. The Kier molecular flexibility index (Phi) is 4.13. The monoisotopic (exact) mass is 166 g/mol. The minimum atomic E-state index is 0.245. The van der Waals surface area contributed by atoms with E-state index in [1.54, 1.807) is 0 Å². The van der Waals surface area contributed by atoms with E-state index in [1.807, 2.05) is 6.08 Å². The largest absolute Gasteiger partial charge is 0.396 e. The smallest absolute Gasteiger partial charge is 0.0471 e. The predicted octanol–water partition coefficient (Wildman–Crippen LogP) is 2.66. The summed E-state index contributed by atoms with van der Waals surface area (Å²) in [4.78, 5) is 0. The Hall–Kier alpha value is -0.520. The van der Waals surface area contributed by atoms with Crippen LogP contribution in [-0.2, 0) is 0 Å². The first-order valence-corrected chi connectivity index (χ1v) is 4.89. The minimum absolute atomic E-state index is 0.245. The molecule has 0 bridgehead atoms. The summed E-state index contributed by atoms with van der Waals surface area (Å²) in [5, 5.41) is 8.58. The van der Waals surface area contributed by atoms with Gasteiger partial charge < -0.3 is 5.11 Å². The molecule has 1 aliphatic rings. The van der Waals surface area contributed by atoms with Crippen LogP contribution in [0.4, 0.5) is 0 Å². The van der Waals surface area contributed by atoms with E-state index in [1.165, 1.54) is 31.3 Å². The highest BCUT2D eigenvalue weighted by Crippen LogP contribution is 2.27. The number of aliphatic hydroxyl groups is 1. The summed E-state index contributed by atoms with van der Waals surface area (Å²) in [5.41, 5.74) is 4.76. The zero-order valence-corrected chi connectivity index (χ0v) is 7.84. The van der Waals surface area contributed by atoms with E-state index in [4.69, 9.17) is 5.11 Å². The van der Waals surface area contributed by atoms with Crippen LogP contribution in [0.15, 0.2) is 17.4 Å². The first-order valence-electron chi connectivity index (χ1n) is 4.89. The van der Waals surface area contributed by atoms with Crippen LogP contribution in [0.1, 0.15) is 39.0 Å². The first-order chi connectivity index (χ1) is 5.84. The maximum Gasteiger partial charge on any atom is 0.0471 e. The van der Waals surface area contributed by atoms with Gasteiger partial charge in [0, 0.05) is 6.61 Å². The minimum Gasteiger partial charge on any atom is -0.396 e. The molecule has 0 aromatic carbocycles. The van der Waals surface area contributed by atoms with Gasteiger partial charge in [0.15, 0.2) is 0 Å². The lowest BCUT2D eigenvalue weighted by Gasteiger charge is -2.19. The molecule has 1 unspecified atom stereocenters. The van der Waals surface area contributed by atoms with Crippen LogP contribution >= 0.6 is 0 Å². The highest BCUT2D eigenvalue weighted by molar-refractivity contribution is 5.07. The van der Waals surface area contributed by atoms with E-state index in [9.17, 15) is 0 Å². The number of hydrogen-bond acceptors (Lipinski definition) is 1. The molecule has 0 heterocycles. The zero-order valence-electron chi connectivity index (χ0n) is 7.84. The Bertz CT molecular complexity index is 187. The maximum absolute atomic E-state index is 8.58. The van der Waals surface area contributed by atoms with Crippen molar-refractivity contribution in [2.75, 3.05) is 6.61 Å². The van der Waals surface area contributed by atoms with Crippen molar-refractivity contribution in [2.45, 2.75) is 39.0 Å². The zero-order chi connectivity index (χ0) is 8.81. The van der Waals surface area contributed by atoms with Crippen LogP contribution in [0.2, 0.25) is 0 Å². The average Bonchev–Trinajstić information content (AvgIpc) is 2.09. The van der Waals surface area contributed by atoms with E-state index in [-0.39, 0.29) is 6.61 Å². The summed E-state index contributed by atoms with van der Waals surface area (Å²) in [5.74, 6) is 0.716. The third-order valence-electron chi connectivity index (χ3n) is 2.49. The highest BCUT2D eigenvalue weighted by atomic mass is 16.2. The lowest BCUT2D eigenvalue weighted by atomic mass is 9.86. The highest BCUT2D eigenvalue weighted by Gasteiger charge is 2.12. The normalized spacial score (nSPS) is 23.5. The van der Waals surface area contributed by atoms with Crippen LogP contribution < -0.4 is 0 Å². The fourth-order valence-corrected chi connectivity index (χ4v) is 1.67. The second-order valence-corrected chi connectivity index (χ2v) is 3.53. The first kappa shape index (κ1) is 9.57. The Balaban J connectivity index is 2.52. The van der Waals surface area contributed by atoms with Gasteiger partial charge in [-0.3, -0.25) is 0 Å². The van der Waals surface area contributed by atoms with Crippen molar-refractivity contribution in [1.82, 2.24) is 0 Å². The molecule has 1 rings (SSSR count). The fraction of sp³-hybridized carbons (Fsp3) is 0.727. The second kappa shape index (κ2) is 5.18. The molecule has 0 aliphatic heterocycles. The molecule has 1 aliphatic carbocycles. The lowest BCUT2D eigenvalue weighted by molar-refractivity contribution is 0.302. The van der Waals surface area contributed by atoms with Gasteiger partial charge in [-0.05, 0) is 43.3 Å². The summed E-state index contributed by atoms with van der Waals surface area (Å²) in [6, 6.07) is 0. The van der Waals surface area contributed by atoms with Gasteiger partial charge in [0.2, 0.25) is 0 Å². The summed E-state index contributed by atoms with van der Waals surface area (Å²) in [6.07, 6.45) is 7.93. The van der Waals surface area contributed by atoms with E-state index in [2.05, 4.69) is 12.7 Å². The third-order valence-corrected chi connectivity index (χ3v) is 2.49. The molecule has 0 spiro atoms. The fourth-order valence-electron chi connectivity index (χ4n) is 1.67. The van der Waals surface area contributed by atoms with Crippen molar-refractivity contribution < 1.29 is 5.11 Å². The van der Waals surface area contributed by atoms with E-state index in [0.717, 1.165) is 6.42 Å².